The summed E-state index contributed by atoms with van der Waals surface area (Å²) in [6, 6.07) is 13.8. The van der Waals surface area contributed by atoms with Crippen molar-refractivity contribution in [1.82, 2.24) is 0 Å². The number of anilines is 3. The molecule has 2 aromatic carbocycles. The van der Waals surface area contributed by atoms with Gasteiger partial charge in [-0.25, -0.2) is 0 Å². The van der Waals surface area contributed by atoms with Crippen molar-refractivity contribution in [2.24, 2.45) is 17.8 Å². The van der Waals surface area contributed by atoms with E-state index in [9.17, 15) is 9.59 Å². The number of hydrogen-bond donors (Lipinski definition) is 2. The smallest absolute Gasteiger partial charge is 0.255 e. The van der Waals surface area contributed by atoms with Crippen molar-refractivity contribution < 1.29 is 9.59 Å². The van der Waals surface area contributed by atoms with Crippen molar-refractivity contribution in [1.29, 1.82) is 0 Å². The molecule has 0 spiro atoms. The Labute approximate surface area is 189 Å². The molecule has 4 fully saturated rings. The molecule has 4 bridgehead atoms. The summed E-state index contributed by atoms with van der Waals surface area (Å²) in [5.74, 6) is 2.56. The van der Waals surface area contributed by atoms with Crippen molar-refractivity contribution in [3.63, 3.8) is 0 Å². The Morgan fingerprint density at radius 2 is 1.59 bits per heavy atom. The highest BCUT2D eigenvalue weighted by Crippen LogP contribution is 2.56. The molecule has 0 saturated heterocycles. The second-order valence-corrected chi connectivity index (χ2v) is 10.6. The van der Waals surface area contributed by atoms with Gasteiger partial charge in [-0.15, -0.1) is 0 Å². The van der Waals surface area contributed by atoms with Crippen LogP contribution in [-0.2, 0) is 11.2 Å². The van der Waals surface area contributed by atoms with Crippen LogP contribution < -0.4 is 15.5 Å². The topological polar surface area (TPSA) is 61.4 Å². The summed E-state index contributed by atoms with van der Waals surface area (Å²) in [4.78, 5) is 26.7. The molecule has 4 saturated carbocycles. The molecule has 2 N–H and O–H groups in total. The van der Waals surface area contributed by atoms with E-state index in [0.717, 1.165) is 46.8 Å². The molecule has 1 aliphatic heterocycles. The second-order valence-electron chi connectivity index (χ2n) is 10.6. The first kappa shape index (κ1) is 19.8. The van der Waals surface area contributed by atoms with Crippen molar-refractivity contribution in [3.8, 4) is 0 Å². The van der Waals surface area contributed by atoms with Crippen molar-refractivity contribution in [2.75, 3.05) is 22.1 Å². The average Bonchev–Trinajstić information content (AvgIpc) is 3.17. The number of rotatable bonds is 4. The maximum absolute atomic E-state index is 13.1. The van der Waals surface area contributed by atoms with E-state index in [1.165, 1.54) is 38.5 Å². The molecule has 0 radical (unpaired) electrons. The molecule has 32 heavy (non-hydrogen) atoms. The molecule has 5 nitrogen and oxygen atoms in total. The van der Waals surface area contributed by atoms with Crippen LogP contribution in [0.25, 0.3) is 0 Å². The molecule has 166 valence electrons. The third-order valence-electron chi connectivity index (χ3n) is 8.23. The molecular formula is C27H31N3O2. The lowest BCUT2D eigenvalue weighted by Gasteiger charge is -2.57. The molecule has 5 aliphatic rings. The fourth-order valence-corrected chi connectivity index (χ4v) is 7.32. The van der Waals surface area contributed by atoms with Crippen LogP contribution in [0.5, 0.6) is 0 Å². The van der Waals surface area contributed by atoms with Gasteiger partial charge in [-0.2, -0.15) is 0 Å². The highest BCUT2D eigenvalue weighted by molar-refractivity contribution is 6.06. The first-order valence-corrected chi connectivity index (χ1v) is 12.1. The highest BCUT2D eigenvalue weighted by atomic mass is 16.2. The molecule has 2 amide bonds. The molecule has 2 aromatic rings. The summed E-state index contributed by atoms with van der Waals surface area (Å²) in [5.41, 5.74) is 4.70. The number of hydrogen-bond acceptors (Lipinski definition) is 3. The van der Waals surface area contributed by atoms with E-state index in [1.807, 2.05) is 36.4 Å². The van der Waals surface area contributed by atoms with Gasteiger partial charge in [0.25, 0.3) is 5.91 Å². The van der Waals surface area contributed by atoms with Crippen LogP contribution in [0.2, 0.25) is 0 Å². The largest absolute Gasteiger partial charge is 0.378 e. The minimum Gasteiger partial charge on any atom is -0.378 e. The Balaban J connectivity index is 1.22. The van der Waals surface area contributed by atoms with Gasteiger partial charge in [0.05, 0.1) is 11.4 Å². The quantitative estimate of drug-likeness (QED) is 0.700. The van der Waals surface area contributed by atoms with Gasteiger partial charge < -0.3 is 15.5 Å². The minimum absolute atomic E-state index is 0.0469. The Bertz CT molecular complexity index is 1060. The molecule has 0 unspecified atom stereocenters. The van der Waals surface area contributed by atoms with Gasteiger partial charge in [0.2, 0.25) is 5.91 Å². The van der Waals surface area contributed by atoms with Crippen LogP contribution in [0.4, 0.5) is 17.1 Å². The van der Waals surface area contributed by atoms with Gasteiger partial charge in [0.15, 0.2) is 0 Å². The number of carbonyl (C=O) groups is 2. The molecular weight excluding hydrogens is 398 g/mol. The first-order chi connectivity index (χ1) is 15.5. The van der Waals surface area contributed by atoms with Crippen LogP contribution >= 0.6 is 0 Å². The van der Waals surface area contributed by atoms with Gasteiger partial charge in [0.1, 0.15) is 0 Å². The predicted molar refractivity (Wildman–Crippen MR) is 127 cm³/mol. The number of para-hydroxylation sites is 2. The summed E-state index contributed by atoms with van der Waals surface area (Å²) in [6.07, 6.45) is 8.83. The van der Waals surface area contributed by atoms with Gasteiger partial charge in [-0.3, -0.25) is 9.59 Å². The van der Waals surface area contributed by atoms with Crippen LogP contribution in [-0.4, -0.2) is 23.9 Å². The van der Waals surface area contributed by atoms with E-state index < -0.39 is 0 Å². The minimum atomic E-state index is -0.103. The van der Waals surface area contributed by atoms with Crippen molar-refractivity contribution in [3.05, 3.63) is 53.6 Å². The molecule has 5 heteroatoms. The number of fused-ring (bicyclic) bond motifs is 1. The third kappa shape index (κ3) is 3.39. The van der Waals surface area contributed by atoms with Crippen LogP contribution in [0.1, 0.15) is 61.4 Å². The van der Waals surface area contributed by atoms with E-state index in [4.69, 9.17) is 0 Å². The maximum atomic E-state index is 13.1. The summed E-state index contributed by atoms with van der Waals surface area (Å²) in [7, 11) is 0. The van der Waals surface area contributed by atoms with Crippen molar-refractivity contribution >= 4 is 28.9 Å². The fraction of sp³-hybridized carbons (Fsp3) is 0.481. The zero-order valence-corrected chi connectivity index (χ0v) is 18.7. The Kier molecular flexibility index (Phi) is 4.56. The monoisotopic (exact) mass is 429 g/mol. The lowest BCUT2D eigenvalue weighted by atomic mass is 9.53. The van der Waals surface area contributed by atoms with Gasteiger partial charge >= 0.3 is 0 Å². The van der Waals surface area contributed by atoms with Gasteiger partial charge in [-0.1, -0.05) is 12.1 Å². The lowest BCUT2D eigenvalue weighted by molar-refractivity contribution is -0.116. The van der Waals surface area contributed by atoms with Gasteiger partial charge in [-0.05, 0) is 98.6 Å². The summed E-state index contributed by atoms with van der Waals surface area (Å²) >= 11 is 0. The van der Waals surface area contributed by atoms with E-state index in [-0.39, 0.29) is 17.4 Å². The highest BCUT2D eigenvalue weighted by Gasteiger charge is 2.51. The van der Waals surface area contributed by atoms with E-state index in [1.54, 1.807) is 11.8 Å². The number of benzene rings is 2. The molecule has 0 aromatic heterocycles. The third-order valence-corrected chi connectivity index (χ3v) is 8.23. The SMILES string of the molecule is CC(=O)N1CCc2cc(C(=O)Nc3ccccc3NC34CC5CC(CC(C5)C3)C4)ccc21. The predicted octanol–water partition coefficient (Wildman–Crippen LogP) is 5.23. The van der Waals surface area contributed by atoms with E-state index in [0.29, 0.717) is 12.1 Å². The van der Waals surface area contributed by atoms with E-state index in [2.05, 4.69) is 16.7 Å². The molecule has 1 heterocycles. The van der Waals surface area contributed by atoms with Crippen molar-refractivity contribution in [2.45, 2.75) is 57.4 Å². The Morgan fingerprint density at radius 3 is 2.25 bits per heavy atom. The molecule has 0 atom stereocenters. The normalized spacial score (nSPS) is 29.7. The number of nitrogens with zero attached hydrogens (tertiary/aromatic N) is 1. The van der Waals surface area contributed by atoms with Crippen LogP contribution in [0.3, 0.4) is 0 Å². The lowest BCUT2D eigenvalue weighted by Crippen LogP contribution is -2.54. The van der Waals surface area contributed by atoms with Crippen LogP contribution in [0.15, 0.2) is 42.5 Å². The molecule has 7 rings (SSSR count). The first-order valence-electron chi connectivity index (χ1n) is 12.1. The summed E-state index contributed by atoms with van der Waals surface area (Å²) in [5, 5.41) is 7.07. The zero-order valence-electron chi connectivity index (χ0n) is 18.7. The summed E-state index contributed by atoms with van der Waals surface area (Å²) in [6.45, 7) is 2.27. The van der Waals surface area contributed by atoms with Gasteiger partial charge in [0, 0.05) is 30.3 Å². The number of nitrogens with one attached hydrogen (secondary N) is 2. The zero-order chi connectivity index (χ0) is 21.9. The Morgan fingerprint density at radius 1 is 0.938 bits per heavy atom. The van der Waals surface area contributed by atoms with E-state index >= 15 is 0 Å². The fourth-order valence-electron chi connectivity index (χ4n) is 7.32. The average molecular weight is 430 g/mol. The number of amides is 2. The number of carbonyl (C=O) groups excluding carboxylic acids is 2. The summed E-state index contributed by atoms with van der Waals surface area (Å²) < 4.78 is 0. The Hall–Kier alpha value is -2.82. The molecule has 4 aliphatic carbocycles. The second kappa shape index (κ2) is 7.36. The maximum Gasteiger partial charge on any atom is 0.255 e. The van der Waals surface area contributed by atoms with Crippen LogP contribution in [0, 0.1) is 17.8 Å². The standard InChI is InChI=1S/C27H31N3O2/c1-17(31)30-9-8-21-13-22(6-7-25(21)30)26(32)28-23-4-2-3-5-24(23)29-27-14-18-10-19(15-27)12-20(11-18)16-27/h2-7,13,18-20,29H,8-12,14-16H2,1H3,(H,28,32).